The highest BCUT2D eigenvalue weighted by Crippen LogP contribution is 2.32. The van der Waals surface area contributed by atoms with Crippen LogP contribution < -0.4 is 20.7 Å². The summed E-state index contributed by atoms with van der Waals surface area (Å²) >= 11 is 2.79. The summed E-state index contributed by atoms with van der Waals surface area (Å²) in [6, 6.07) is 35.3. The molecule has 6 rings (SSSR count). The molecule has 1 unspecified atom stereocenters. The highest BCUT2D eigenvalue weighted by Gasteiger charge is 2.21. The zero-order valence-corrected chi connectivity index (χ0v) is 27.9. The number of ether oxygens (including phenoxy) is 1. The lowest BCUT2D eigenvalue weighted by Crippen LogP contribution is -2.30. The summed E-state index contributed by atoms with van der Waals surface area (Å²) in [5.41, 5.74) is 2.63. The molecule has 0 spiro atoms. The first-order valence-corrected chi connectivity index (χ1v) is 17.0. The molecule has 240 valence electrons. The summed E-state index contributed by atoms with van der Waals surface area (Å²) in [6.07, 6.45) is 2.27. The molecule has 0 fully saturated rings. The molecule has 0 bridgehead atoms. The molecular weight excluding hydrogens is 641 g/mol. The summed E-state index contributed by atoms with van der Waals surface area (Å²) < 4.78 is 6.22. The molecule has 6 aromatic rings. The van der Waals surface area contributed by atoms with Crippen LogP contribution in [0.2, 0.25) is 0 Å². The number of rotatable bonds is 11. The van der Waals surface area contributed by atoms with Crippen molar-refractivity contribution in [3.8, 4) is 5.75 Å². The van der Waals surface area contributed by atoms with Gasteiger partial charge in [0.1, 0.15) is 11.4 Å². The number of thiazole rings is 1. The summed E-state index contributed by atoms with van der Waals surface area (Å²) in [5.74, 6) is -0.308. The van der Waals surface area contributed by atoms with Gasteiger partial charge in [0, 0.05) is 16.1 Å². The number of carbonyl (C=O) groups is 3. The molecule has 0 aliphatic rings. The SMILES string of the molecule is CCC(Sc1cccc(NC(=O)/C(=C\c2cccc3ccccc23)NC(=O)c2ccccc2)c1)C(=O)Nc1nc2ccc(OC)cc2s1. The molecule has 1 heterocycles. The van der Waals surface area contributed by atoms with E-state index in [1.54, 1.807) is 43.5 Å². The van der Waals surface area contributed by atoms with E-state index in [-0.39, 0.29) is 11.6 Å². The summed E-state index contributed by atoms with van der Waals surface area (Å²) in [4.78, 5) is 45.5. The Labute approximate surface area is 286 Å². The van der Waals surface area contributed by atoms with Crippen LogP contribution in [-0.4, -0.2) is 35.1 Å². The zero-order valence-electron chi connectivity index (χ0n) is 26.2. The molecule has 0 saturated carbocycles. The van der Waals surface area contributed by atoms with Crippen LogP contribution in [0.25, 0.3) is 27.1 Å². The van der Waals surface area contributed by atoms with Gasteiger partial charge < -0.3 is 20.7 Å². The van der Waals surface area contributed by atoms with Crippen LogP contribution in [0.15, 0.2) is 126 Å². The first-order valence-electron chi connectivity index (χ1n) is 15.3. The van der Waals surface area contributed by atoms with Crippen molar-refractivity contribution < 1.29 is 19.1 Å². The second-order valence-electron chi connectivity index (χ2n) is 10.8. The minimum absolute atomic E-state index is 0.0949. The van der Waals surface area contributed by atoms with E-state index in [2.05, 4.69) is 20.9 Å². The number of amides is 3. The van der Waals surface area contributed by atoms with E-state index >= 15 is 0 Å². The number of hydrogen-bond donors (Lipinski definition) is 3. The van der Waals surface area contributed by atoms with Gasteiger partial charge >= 0.3 is 0 Å². The average Bonchev–Trinajstić information content (AvgIpc) is 3.52. The molecule has 0 radical (unpaired) electrons. The van der Waals surface area contributed by atoms with E-state index in [1.165, 1.54) is 23.1 Å². The number of aromatic nitrogens is 1. The van der Waals surface area contributed by atoms with Gasteiger partial charge in [0.25, 0.3) is 11.8 Å². The summed E-state index contributed by atoms with van der Waals surface area (Å²) in [5, 5.41) is 10.8. The minimum Gasteiger partial charge on any atom is -0.497 e. The normalized spacial score (nSPS) is 12.0. The maximum Gasteiger partial charge on any atom is 0.272 e. The number of carbonyl (C=O) groups excluding carboxylic acids is 3. The maximum atomic E-state index is 13.8. The molecular formula is C38H32N4O4S2. The van der Waals surface area contributed by atoms with E-state index in [0.29, 0.717) is 22.8 Å². The predicted octanol–water partition coefficient (Wildman–Crippen LogP) is 8.38. The number of anilines is 2. The fraction of sp³-hybridized carbons (Fsp3) is 0.105. The average molecular weight is 673 g/mol. The topological polar surface area (TPSA) is 109 Å². The predicted molar refractivity (Wildman–Crippen MR) is 196 cm³/mol. The molecule has 10 heteroatoms. The van der Waals surface area contributed by atoms with Crippen LogP contribution in [-0.2, 0) is 9.59 Å². The molecule has 1 atom stereocenters. The van der Waals surface area contributed by atoms with Gasteiger partial charge in [-0.05, 0) is 77.4 Å². The number of thioether (sulfide) groups is 1. The van der Waals surface area contributed by atoms with Crippen molar-refractivity contribution in [3.63, 3.8) is 0 Å². The van der Waals surface area contributed by atoms with E-state index in [1.807, 2.05) is 91.9 Å². The Hall–Kier alpha value is -5.45. The van der Waals surface area contributed by atoms with Gasteiger partial charge in [-0.1, -0.05) is 85.0 Å². The third-order valence-electron chi connectivity index (χ3n) is 7.51. The second-order valence-corrected chi connectivity index (χ2v) is 13.1. The molecule has 3 amide bonds. The third kappa shape index (κ3) is 7.74. The number of benzene rings is 5. The lowest BCUT2D eigenvalue weighted by atomic mass is 10.0. The van der Waals surface area contributed by atoms with Gasteiger partial charge in [0.15, 0.2) is 5.13 Å². The monoisotopic (exact) mass is 672 g/mol. The van der Waals surface area contributed by atoms with Crippen molar-refractivity contribution in [1.82, 2.24) is 10.3 Å². The van der Waals surface area contributed by atoms with Crippen LogP contribution in [0.4, 0.5) is 10.8 Å². The van der Waals surface area contributed by atoms with Crippen LogP contribution in [0.5, 0.6) is 5.75 Å². The lowest BCUT2D eigenvalue weighted by Gasteiger charge is -2.15. The van der Waals surface area contributed by atoms with Gasteiger partial charge in [-0.15, -0.1) is 11.8 Å². The fourth-order valence-electron chi connectivity index (χ4n) is 5.08. The van der Waals surface area contributed by atoms with Crippen LogP contribution in [0.1, 0.15) is 29.3 Å². The molecule has 3 N–H and O–H groups in total. The third-order valence-corrected chi connectivity index (χ3v) is 9.80. The van der Waals surface area contributed by atoms with E-state index in [4.69, 9.17) is 4.74 Å². The second kappa shape index (κ2) is 15.0. The Balaban J connectivity index is 1.20. The smallest absolute Gasteiger partial charge is 0.272 e. The van der Waals surface area contributed by atoms with Crippen molar-refractivity contribution in [3.05, 3.63) is 132 Å². The van der Waals surface area contributed by atoms with Gasteiger partial charge in [0.2, 0.25) is 5.91 Å². The summed E-state index contributed by atoms with van der Waals surface area (Å²) in [7, 11) is 1.61. The maximum absolute atomic E-state index is 13.8. The quantitative estimate of drug-likeness (QED) is 0.0943. The zero-order chi connectivity index (χ0) is 33.5. The Morgan fingerprint density at radius 2 is 1.65 bits per heavy atom. The van der Waals surface area contributed by atoms with E-state index in [9.17, 15) is 14.4 Å². The largest absolute Gasteiger partial charge is 0.497 e. The van der Waals surface area contributed by atoms with E-state index in [0.717, 1.165) is 37.2 Å². The number of methoxy groups -OCH3 is 1. The first kappa shape index (κ1) is 32.5. The first-order chi connectivity index (χ1) is 23.4. The molecule has 0 aliphatic carbocycles. The Bertz CT molecular complexity index is 2140. The lowest BCUT2D eigenvalue weighted by molar-refractivity contribution is -0.116. The number of nitrogens with zero attached hydrogens (tertiary/aromatic N) is 1. The highest BCUT2D eigenvalue weighted by atomic mass is 32.2. The standard InChI is InChI=1S/C38H32N4O4S2/c1-3-33(37(45)42-38-41-31-20-19-28(46-2)23-34(31)48-38)47-29-17-10-16-27(22-29)39-36(44)32(40-35(43)25-12-5-4-6-13-25)21-26-15-9-14-24-11-7-8-18-30(24)26/h4-23,33H,3H2,1-2H3,(H,39,44)(H,40,43)(H,41,42,45)/b32-21+. The van der Waals surface area contributed by atoms with Gasteiger partial charge in [0.05, 0.1) is 22.6 Å². The molecule has 0 saturated heterocycles. The van der Waals surface area contributed by atoms with Crippen LogP contribution >= 0.6 is 23.1 Å². The van der Waals surface area contributed by atoms with Crippen molar-refractivity contribution >= 4 is 78.7 Å². The van der Waals surface area contributed by atoms with Crippen molar-refractivity contribution in [1.29, 1.82) is 0 Å². The molecule has 5 aromatic carbocycles. The Morgan fingerprint density at radius 1 is 0.875 bits per heavy atom. The Morgan fingerprint density at radius 3 is 2.46 bits per heavy atom. The molecule has 0 aliphatic heterocycles. The van der Waals surface area contributed by atoms with Gasteiger partial charge in [-0.3, -0.25) is 14.4 Å². The van der Waals surface area contributed by atoms with Crippen molar-refractivity contribution in [2.75, 3.05) is 17.7 Å². The Kier molecular flexibility index (Phi) is 10.1. The molecule has 1 aromatic heterocycles. The van der Waals surface area contributed by atoms with Crippen LogP contribution in [0, 0.1) is 0 Å². The number of hydrogen-bond acceptors (Lipinski definition) is 7. The van der Waals surface area contributed by atoms with E-state index < -0.39 is 17.1 Å². The molecule has 8 nitrogen and oxygen atoms in total. The van der Waals surface area contributed by atoms with Crippen molar-refractivity contribution in [2.24, 2.45) is 0 Å². The summed E-state index contributed by atoms with van der Waals surface area (Å²) in [6.45, 7) is 1.95. The van der Waals surface area contributed by atoms with Gasteiger partial charge in [-0.25, -0.2) is 4.98 Å². The molecule has 48 heavy (non-hydrogen) atoms. The van der Waals surface area contributed by atoms with Gasteiger partial charge in [-0.2, -0.15) is 0 Å². The highest BCUT2D eigenvalue weighted by molar-refractivity contribution is 8.00. The fourth-order valence-corrected chi connectivity index (χ4v) is 6.99. The number of fused-ring (bicyclic) bond motifs is 2. The number of nitrogens with one attached hydrogen (secondary N) is 3. The van der Waals surface area contributed by atoms with Crippen molar-refractivity contribution in [2.45, 2.75) is 23.5 Å². The van der Waals surface area contributed by atoms with Crippen LogP contribution in [0.3, 0.4) is 0 Å². The minimum atomic E-state index is -0.480.